The van der Waals surface area contributed by atoms with Gasteiger partial charge in [0.2, 0.25) is 0 Å². The largest absolute Gasteiger partial charge is 0.249 e. The Morgan fingerprint density at radius 1 is 0.500 bits per heavy atom. The third-order valence-corrected chi connectivity index (χ3v) is 4.31. The van der Waals surface area contributed by atoms with Crippen LogP contribution in [-0.4, -0.2) is 19.5 Å². The normalized spacial score (nSPS) is 12.7. The van der Waals surface area contributed by atoms with Crippen molar-refractivity contribution in [1.29, 1.82) is 0 Å². The molecule has 3 aromatic rings. The maximum Gasteiger partial charge on any atom is 0.0769 e. The first kappa shape index (κ1) is 14.8. The van der Waals surface area contributed by atoms with Crippen LogP contribution >= 0.6 is 0 Å². The third kappa shape index (κ3) is 2.43. The van der Waals surface area contributed by atoms with Crippen molar-refractivity contribution in [1.82, 2.24) is 19.5 Å². The van der Waals surface area contributed by atoms with Crippen LogP contribution in [0.3, 0.4) is 0 Å². The summed E-state index contributed by atoms with van der Waals surface area (Å²) in [5, 5.41) is 0. The Balaban J connectivity index is 1.91. The highest BCUT2D eigenvalue weighted by Gasteiger charge is 2.05. The lowest BCUT2D eigenvalue weighted by molar-refractivity contribution is 0.404. The van der Waals surface area contributed by atoms with Crippen molar-refractivity contribution in [2.75, 3.05) is 0 Å². The Labute approximate surface area is 146 Å². The highest BCUT2D eigenvalue weighted by Crippen LogP contribution is 2.20. The van der Waals surface area contributed by atoms with Crippen LogP contribution < -0.4 is 0 Å². The Kier molecular flexibility index (Phi) is 3.12. The Bertz CT molecular complexity index is 1080. The van der Waals surface area contributed by atoms with Crippen LogP contribution in [0.5, 0.6) is 0 Å². The molecule has 0 fully saturated rings. The van der Waals surface area contributed by atoms with Crippen LogP contribution in [0.25, 0.3) is 46.4 Å². The standard InChI is InChI=1S/C20H12F2N4/c21-25-17-5-6-19(25)11-15-3-4-16(24-15)12-20-8-7-18(26(20)22)10-14-2-1-13(9-17)23-14/h1-12H. The molecule has 8 bridgehead atoms. The highest BCUT2D eigenvalue weighted by atomic mass is 19.2. The number of nitrogens with zero attached hydrogens (tertiary/aromatic N) is 4. The van der Waals surface area contributed by atoms with Crippen LogP contribution in [0, 0.1) is 0 Å². The monoisotopic (exact) mass is 346 g/mol. The summed E-state index contributed by atoms with van der Waals surface area (Å²) in [6, 6.07) is 13.3. The van der Waals surface area contributed by atoms with E-state index in [1.807, 2.05) is 0 Å². The molecule has 0 saturated heterocycles. The first-order valence-corrected chi connectivity index (χ1v) is 8.08. The maximum absolute atomic E-state index is 14.6. The molecule has 4 nitrogen and oxygen atoms in total. The van der Waals surface area contributed by atoms with Gasteiger partial charge in [0.25, 0.3) is 0 Å². The maximum atomic E-state index is 14.6. The van der Waals surface area contributed by atoms with Gasteiger partial charge in [0.1, 0.15) is 0 Å². The SMILES string of the molecule is Fn1c2ccc1cc1nc(cc3ccc(cc4nc(c2)C=C4)n3F)C=C1. The topological polar surface area (TPSA) is 35.6 Å². The molecule has 5 heterocycles. The van der Waals surface area contributed by atoms with Crippen LogP contribution in [0.4, 0.5) is 8.96 Å². The van der Waals surface area contributed by atoms with E-state index in [4.69, 9.17) is 0 Å². The van der Waals surface area contributed by atoms with Crippen LogP contribution in [0.15, 0.2) is 48.5 Å². The minimum Gasteiger partial charge on any atom is -0.249 e. The summed E-state index contributed by atoms with van der Waals surface area (Å²) < 4.78 is 29.1. The second kappa shape index (κ2) is 5.49. The summed E-state index contributed by atoms with van der Waals surface area (Å²) in [6.07, 6.45) is 7.07. The quantitative estimate of drug-likeness (QED) is 0.392. The molecule has 0 aromatic carbocycles. The minimum atomic E-state index is 0.377. The Hall–Kier alpha value is -3.54. The fraction of sp³-hybridized carbons (Fsp3) is 0. The van der Waals surface area contributed by atoms with Gasteiger partial charge in [0, 0.05) is 0 Å². The Morgan fingerprint density at radius 3 is 1.04 bits per heavy atom. The lowest BCUT2D eigenvalue weighted by atomic mass is 10.3. The summed E-state index contributed by atoms with van der Waals surface area (Å²) >= 11 is 0. The zero-order valence-electron chi connectivity index (χ0n) is 13.5. The molecule has 0 spiro atoms. The van der Waals surface area contributed by atoms with Crippen molar-refractivity contribution in [3.05, 3.63) is 71.3 Å². The van der Waals surface area contributed by atoms with Gasteiger partial charge < -0.3 is 0 Å². The van der Waals surface area contributed by atoms with E-state index in [0.717, 1.165) is 0 Å². The smallest absolute Gasteiger partial charge is 0.0769 e. The summed E-state index contributed by atoms with van der Waals surface area (Å²) in [5.74, 6) is 0. The number of halogens is 2. The average Bonchev–Trinajstić information content (AvgIpc) is 3.39. The van der Waals surface area contributed by atoms with E-state index >= 15 is 0 Å². The highest BCUT2D eigenvalue weighted by molar-refractivity contribution is 5.77. The van der Waals surface area contributed by atoms with E-state index in [1.54, 1.807) is 72.8 Å². The summed E-state index contributed by atoms with van der Waals surface area (Å²) in [7, 11) is 0. The number of aromatic nitrogens is 4. The average molecular weight is 346 g/mol. The van der Waals surface area contributed by atoms with Crippen molar-refractivity contribution < 1.29 is 8.96 Å². The first-order valence-electron chi connectivity index (χ1n) is 8.08. The molecule has 126 valence electrons. The molecule has 2 aliphatic rings. The predicted octanol–water partition coefficient (Wildman–Crippen LogP) is 5.07. The summed E-state index contributed by atoms with van der Waals surface area (Å²) in [4.78, 5) is 9.99. The van der Waals surface area contributed by atoms with Crippen LogP contribution in [0.1, 0.15) is 22.8 Å². The second-order valence-electron chi connectivity index (χ2n) is 6.09. The molecule has 26 heavy (non-hydrogen) atoms. The van der Waals surface area contributed by atoms with Gasteiger partial charge in [-0.2, -0.15) is 9.58 Å². The fourth-order valence-corrected chi connectivity index (χ4v) is 3.04. The van der Waals surface area contributed by atoms with E-state index in [-0.39, 0.29) is 0 Å². The van der Waals surface area contributed by atoms with Gasteiger partial charge in [-0.25, -0.2) is 9.97 Å². The zero-order chi connectivity index (χ0) is 17.7. The van der Waals surface area contributed by atoms with E-state index < -0.39 is 0 Å². The Morgan fingerprint density at radius 2 is 0.769 bits per heavy atom. The van der Waals surface area contributed by atoms with E-state index in [0.29, 0.717) is 54.4 Å². The van der Waals surface area contributed by atoms with E-state index in [9.17, 15) is 8.96 Å². The van der Waals surface area contributed by atoms with Crippen molar-refractivity contribution >= 4 is 46.4 Å². The number of hydrogen-bond donors (Lipinski definition) is 0. The van der Waals surface area contributed by atoms with E-state index in [1.165, 1.54) is 0 Å². The van der Waals surface area contributed by atoms with Gasteiger partial charge in [-0.3, -0.25) is 0 Å². The molecular weight excluding hydrogens is 334 g/mol. The van der Waals surface area contributed by atoms with Crippen LogP contribution in [0.2, 0.25) is 0 Å². The molecule has 2 aliphatic heterocycles. The van der Waals surface area contributed by atoms with Gasteiger partial charge in [-0.1, -0.05) is 8.96 Å². The van der Waals surface area contributed by atoms with Crippen LogP contribution in [-0.2, 0) is 0 Å². The fourth-order valence-electron chi connectivity index (χ4n) is 3.04. The molecule has 0 radical (unpaired) electrons. The summed E-state index contributed by atoms with van der Waals surface area (Å²) in [5.41, 5.74) is 3.91. The van der Waals surface area contributed by atoms with Crippen molar-refractivity contribution in [3.63, 3.8) is 0 Å². The van der Waals surface area contributed by atoms with Gasteiger partial charge in [-0.15, -0.1) is 0 Å². The van der Waals surface area contributed by atoms with Gasteiger partial charge in [-0.05, 0) is 72.8 Å². The first-order chi connectivity index (χ1) is 12.7. The van der Waals surface area contributed by atoms with Crippen molar-refractivity contribution in [2.45, 2.75) is 0 Å². The molecule has 0 aliphatic carbocycles. The summed E-state index contributed by atoms with van der Waals surface area (Å²) in [6.45, 7) is 0. The van der Waals surface area contributed by atoms with E-state index in [2.05, 4.69) is 9.97 Å². The second-order valence-corrected chi connectivity index (χ2v) is 6.09. The molecule has 0 amide bonds. The lowest BCUT2D eigenvalue weighted by Gasteiger charge is -1.91. The molecule has 0 unspecified atom stereocenters. The van der Waals surface area contributed by atoms with Crippen molar-refractivity contribution in [2.24, 2.45) is 0 Å². The molecule has 6 heteroatoms. The molecule has 0 saturated carbocycles. The third-order valence-electron chi connectivity index (χ3n) is 4.31. The number of hydrogen-bond acceptors (Lipinski definition) is 2. The molecule has 3 aromatic heterocycles. The van der Waals surface area contributed by atoms with Gasteiger partial charge in [0.15, 0.2) is 0 Å². The molecular formula is C20H12F2N4. The van der Waals surface area contributed by atoms with Gasteiger partial charge in [0.05, 0.1) is 44.8 Å². The number of fused-ring (bicyclic) bond motifs is 8. The van der Waals surface area contributed by atoms with Crippen molar-refractivity contribution in [3.8, 4) is 0 Å². The zero-order valence-corrected chi connectivity index (χ0v) is 13.5. The minimum absolute atomic E-state index is 0.377. The van der Waals surface area contributed by atoms with Gasteiger partial charge >= 0.3 is 0 Å². The predicted molar refractivity (Wildman–Crippen MR) is 99.1 cm³/mol. The molecule has 0 atom stereocenters. The molecule has 0 N–H and O–H groups in total. The number of rotatable bonds is 0. The lowest BCUT2D eigenvalue weighted by Crippen LogP contribution is -1.83. The molecule has 5 rings (SSSR count).